The minimum absolute atomic E-state index is 0.0914. The average molecular weight is 265 g/mol. The van der Waals surface area contributed by atoms with Crippen LogP contribution in [0.3, 0.4) is 0 Å². The van der Waals surface area contributed by atoms with Crippen LogP contribution >= 0.6 is 11.6 Å². The first-order valence-electron chi connectivity index (χ1n) is 3.83. The lowest BCUT2D eigenvalue weighted by molar-refractivity contribution is -0.0931. The number of hydrogen-bond donors (Lipinski definition) is 0. The molecule has 0 saturated carbocycles. The van der Waals surface area contributed by atoms with Crippen LogP contribution in [0.2, 0.25) is 0 Å². The molecule has 0 unspecified atom stereocenters. The third kappa shape index (κ3) is 5.25. The van der Waals surface area contributed by atoms with Crippen LogP contribution < -0.4 is 0 Å². The Hall–Kier alpha value is -0.910. The summed E-state index contributed by atoms with van der Waals surface area (Å²) in [5.74, 6) is 0. The van der Waals surface area contributed by atoms with Gasteiger partial charge >= 0.3 is 12.4 Å². The fraction of sp³-hybridized carbons (Fsp3) is 0.333. The first kappa shape index (κ1) is 15.1. The van der Waals surface area contributed by atoms with E-state index < -0.39 is 23.5 Å². The van der Waals surface area contributed by atoms with Crippen molar-refractivity contribution in [3.63, 3.8) is 0 Å². The van der Waals surface area contributed by atoms with Gasteiger partial charge in [0.15, 0.2) is 0 Å². The van der Waals surface area contributed by atoms with Crippen LogP contribution in [0, 0.1) is 0 Å². The van der Waals surface area contributed by atoms with E-state index in [1.165, 1.54) is 0 Å². The molecule has 0 spiro atoms. The molecule has 0 radical (unpaired) electrons. The molecule has 0 aliphatic heterocycles. The summed E-state index contributed by atoms with van der Waals surface area (Å²) < 4.78 is 72.7. The summed E-state index contributed by atoms with van der Waals surface area (Å²) in [5, 5.41) is -0.279. The van der Waals surface area contributed by atoms with E-state index in [1.54, 1.807) is 0 Å². The van der Waals surface area contributed by atoms with Crippen LogP contribution in [0.1, 0.15) is 6.92 Å². The number of alkyl halides is 6. The highest BCUT2D eigenvalue weighted by molar-refractivity contribution is 6.29. The lowest BCUT2D eigenvalue weighted by Crippen LogP contribution is -2.14. The van der Waals surface area contributed by atoms with Gasteiger partial charge in [0.05, 0.1) is 5.57 Å². The summed E-state index contributed by atoms with van der Waals surface area (Å²) in [6, 6.07) is 0. The molecule has 0 aliphatic carbocycles. The van der Waals surface area contributed by atoms with Crippen molar-refractivity contribution in [3.8, 4) is 0 Å². The smallest absolute Gasteiger partial charge is 0.166 e. The number of halogens is 7. The SMILES string of the molecule is C=C(/C=C(\C=C(\C)Cl)C(F)(F)F)C(F)(F)F. The highest BCUT2D eigenvalue weighted by Gasteiger charge is 2.36. The van der Waals surface area contributed by atoms with Gasteiger partial charge in [0.1, 0.15) is 0 Å². The van der Waals surface area contributed by atoms with Gasteiger partial charge in [-0.1, -0.05) is 18.2 Å². The van der Waals surface area contributed by atoms with Crippen LogP contribution in [0.4, 0.5) is 26.3 Å². The number of hydrogen-bond acceptors (Lipinski definition) is 0. The molecule has 0 fully saturated rings. The maximum atomic E-state index is 12.2. The molecule has 0 heterocycles. The second kappa shape index (κ2) is 4.95. The molecule has 0 N–H and O–H groups in total. The standard InChI is InChI=1S/C9H7ClF6/c1-5(8(11,12)13)3-7(4-6(2)10)9(14,15)16/h3-4H,1H2,2H3/b6-4-,7-3+. The Morgan fingerprint density at radius 3 is 1.69 bits per heavy atom. The summed E-state index contributed by atoms with van der Waals surface area (Å²) in [6.07, 6.45) is -9.50. The van der Waals surface area contributed by atoms with Gasteiger partial charge in [-0.25, -0.2) is 0 Å². The zero-order valence-corrected chi connectivity index (χ0v) is 8.76. The van der Waals surface area contributed by atoms with Crippen LogP contribution in [-0.4, -0.2) is 12.4 Å². The number of rotatable bonds is 2. The Morgan fingerprint density at radius 2 is 1.44 bits per heavy atom. The van der Waals surface area contributed by atoms with E-state index in [0.717, 1.165) is 6.92 Å². The molecule has 0 atom stereocenters. The van der Waals surface area contributed by atoms with Crippen molar-refractivity contribution in [3.05, 3.63) is 34.9 Å². The molecule has 92 valence electrons. The van der Waals surface area contributed by atoms with Gasteiger partial charge in [-0.15, -0.1) is 0 Å². The minimum Gasteiger partial charge on any atom is -0.166 e. The maximum Gasteiger partial charge on any atom is 0.416 e. The summed E-state index contributed by atoms with van der Waals surface area (Å²) in [5.41, 5.74) is -3.09. The van der Waals surface area contributed by atoms with Gasteiger partial charge < -0.3 is 0 Å². The van der Waals surface area contributed by atoms with Gasteiger partial charge in [-0.05, 0) is 19.1 Å². The molecule has 0 aliphatic rings. The van der Waals surface area contributed by atoms with Gasteiger partial charge in [0, 0.05) is 10.6 Å². The van der Waals surface area contributed by atoms with E-state index in [1.807, 2.05) is 0 Å². The van der Waals surface area contributed by atoms with Crippen molar-refractivity contribution in [2.75, 3.05) is 0 Å². The van der Waals surface area contributed by atoms with Crippen LogP contribution in [0.25, 0.3) is 0 Å². The van der Waals surface area contributed by atoms with Crippen molar-refractivity contribution in [1.29, 1.82) is 0 Å². The first-order valence-corrected chi connectivity index (χ1v) is 4.21. The van der Waals surface area contributed by atoms with Crippen LogP contribution in [0.5, 0.6) is 0 Å². The van der Waals surface area contributed by atoms with Crippen LogP contribution in [0.15, 0.2) is 34.9 Å². The molecule has 0 rings (SSSR count). The van der Waals surface area contributed by atoms with Crippen LogP contribution in [-0.2, 0) is 0 Å². The summed E-state index contributed by atoms with van der Waals surface area (Å²) in [7, 11) is 0. The van der Waals surface area contributed by atoms with E-state index in [0.29, 0.717) is 6.08 Å². The third-order valence-corrected chi connectivity index (χ3v) is 1.48. The summed E-state index contributed by atoms with van der Waals surface area (Å²) in [4.78, 5) is 0. The molecular weight excluding hydrogens is 258 g/mol. The molecule has 16 heavy (non-hydrogen) atoms. The minimum atomic E-state index is -4.91. The quantitative estimate of drug-likeness (QED) is 0.499. The van der Waals surface area contributed by atoms with Crippen molar-refractivity contribution in [2.24, 2.45) is 0 Å². The monoisotopic (exact) mass is 264 g/mol. The molecule has 0 bridgehead atoms. The zero-order valence-electron chi connectivity index (χ0n) is 8.01. The molecule has 0 aromatic rings. The Balaban J connectivity index is 5.31. The van der Waals surface area contributed by atoms with E-state index in [9.17, 15) is 26.3 Å². The zero-order chi connectivity index (χ0) is 13.1. The second-order valence-corrected chi connectivity index (χ2v) is 3.45. The molecule has 0 aromatic heterocycles. The van der Waals surface area contributed by atoms with Crippen molar-refractivity contribution in [1.82, 2.24) is 0 Å². The Kier molecular flexibility index (Phi) is 4.67. The Bertz CT molecular complexity index is 327. The van der Waals surface area contributed by atoms with Gasteiger partial charge in [-0.3, -0.25) is 0 Å². The largest absolute Gasteiger partial charge is 0.416 e. The lowest BCUT2D eigenvalue weighted by Gasteiger charge is -2.11. The molecular formula is C9H7ClF6. The summed E-state index contributed by atoms with van der Waals surface area (Å²) >= 11 is 5.19. The van der Waals surface area contributed by atoms with Gasteiger partial charge in [0.25, 0.3) is 0 Å². The van der Waals surface area contributed by atoms with Gasteiger partial charge in [-0.2, -0.15) is 26.3 Å². The maximum absolute atomic E-state index is 12.2. The Morgan fingerprint density at radius 1 is 1.00 bits per heavy atom. The van der Waals surface area contributed by atoms with E-state index >= 15 is 0 Å². The van der Waals surface area contributed by atoms with E-state index in [4.69, 9.17) is 11.6 Å². The average Bonchev–Trinajstić information content (AvgIpc) is 1.98. The first-order chi connectivity index (χ1) is 6.94. The molecule has 7 heteroatoms. The van der Waals surface area contributed by atoms with E-state index in [2.05, 4.69) is 6.58 Å². The number of allylic oxidation sites excluding steroid dienone is 5. The predicted molar refractivity (Wildman–Crippen MR) is 48.9 cm³/mol. The Labute approximate surface area is 92.9 Å². The van der Waals surface area contributed by atoms with Crippen molar-refractivity contribution in [2.45, 2.75) is 19.3 Å². The fourth-order valence-corrected chi connectivity index (χ4v) is 0.807. The molecule has 0 saturated heterocycles. The predicted octanol–water partition coefficient (Wildman–Crippen LogP) is 4.74. The second-order valence-electron chi connectivity index (χ2n) is 2.85. The van der Waals surface area contributed by atoms with Gasteiger partial charge in [0.2, 0.25) is 0 Å². The molecule has 0 aromatic carbocycles. The topological polar surface area (TPSA) is 0 Å². The highest BCUT2D eigenvalue weighted by Crippen LogP contribution is 2.32. The highest BCUT2D eigenvalue weighted by atomic mass is 35.5. The van der Waals surface area contributed by atoms with Crippen molar-refractivity contribution < 1.29 is 26.3 Å². The lowest BCUT2D eigenvalue weighted by atomic mass is 10.1. The molecule has 0 nitrogen and oxygen atoms in total. The summed E-state index contributed by atoms with van der Waals surface area (Å²) in [6.45, 7) is 3.64. The van der Waals surface area contributed by atoms with E-state index in [-0.39, 0.29) is 11.1 Å². The van der Waals surface area contributed by atoms with Crippen molar-refractivity contribution >= 4 is 11.6 Å². The fourth-order valence-electron chi connectivity index (χ4n) is 0.689. The molecule has 0 amide bonds. The normalized spacial score (nSPS) is 15.2. The third-order valence-electron chi connectivity index (χ3n) is 1.38.